The molecule has 2 aliphatic heterocycles. The van der Waals surface area contributed by atoms with E-state index in [1.165, 1.54) is 98.3 Å². The number of hydrogen-bond acceptors (Lipinski definition) is 3. The van der Waals surface area contributed by atoms with Gasteiger partial charge in [-0.05, 0) is 153 Å². The fraction of sp³-hybridized carbons (Fsp3) is 0.543. The highest BCUT2D eigenvalue weighted by atomic mass is 16.2. The highest BCUT2D eigenvalue weighted by Crippen LogP contribution is 2.67. The Morgan fingerprint density at radius 1 is 0.804 bits per heavy atom. The van der Waals surface area contributed by atoms with Crippen LogP contribution in [0.1, 0.15) is 127 Å². The SMILES string of the molecule is CCCCCCCC[C@H]1CC[C@H]2[C@@H]3CCC4=Cc5c(cc6c(=O)n(-c7ccccc7)c(=O)nc-6n5-c5ccc(C)c(C)c5)C[C@]4(C)[C@H]3CC[C@]12C. The third-order valence-electron chi connectivity index (χ3n) is 14.6. The highest BCUT2D eigenvalue weighted by molar-refractivity contribution is 5.71. The highest BCUT2D eigenvalue weighted by Gasteiger charge is 2.58. The maximum atomic E-state index is 14.4. The van der Waals surface area contributed by atoms with Crippen molar-refractivity contribution in [3.8, 4) is 22.8 Å². The zero-order valence-corrected chi connectivity index (χ0v) is 31.6. The van der Waals surface area contributed by atoms with Crippen molar-refractivity contribution in [2.45, 2.75) is 125 Å². The van der Waals surface area contributed by atoms with Gasteiger partial charge in [0.2, 0.25) is 0 Å². The Balaban J connectivity index is 1.18. The van der Waals surface area contributed by atoms with E-state index in [1.807, 2.05) is 30.3 Å². The Morgan fingerprint density at radius 2 is 1.59 bits per heavy atom. The van der Waals surface area contributed by atoms with Crippen molar-refractivity contribution in [1.29, 1.82) is 0 Å². The third-order valence-corrected chi connectivity index (χ3v) is 14.6. The largest absolute Gasteiger partial charge is 0.357 e. The Kier molecular flexibility index (Phi) is 9.00. The summed E-state index contributed by atoms with van der Waals surface area (Å²) in [7, 11) is 0. The zero-order valence-electron chi connectivity index (χ0n) is 31.6. The van der Waals surface area contributed by atoms with Gasteiger partial charge in [0.1, 0.15) is 0 Å². The summed E-state index contributed by atoms with van der Waals surface area (Å²) in [4.78, 5) is 32.7. The number of nitrogens with zero attached hydrogens (tertiary/aromatic N) is 3. The first-order valence-electron chi connectivity index (χ1n) is 20.2. The summed E-state index contributed by atoms with van der Waals surface area (Å²) in [6.45, 7) is 11.8. The molecule has 3 fully saturated rings. The van der Waals surface area contributed by atoms with E-state index < -0.39 is 5.69 Å². The monoisotopic (exact) mass is 683 g/mol. The number of unbranched alkanes of at least 4 members (excludes halogenated alkanes) is 5. The number of fused-ring (bicyclic) bond motifs is 7. The lowest BCUT2D eigenvalue weighted by molar-refractivity contribution is -0.0478. The van der Waals surface area contributed by atoms with Crippen LogP contribution < -0.4 is 11.2 Å². The van der Waals surface area contributed by atoms with Gasteiger partial charge >= 0.3 is 5.69 Å². The molecule has 0 unspecified atom stereocenters. The average Bonchev–Trinajstić information content (AvgIpc) is 3.46. The van der Waals surface area contributed by atoms with Gasteiger partial charge in [-0.25, -0.2) is 9.36 Å². The summed E-state index contributed by atoms with van der Waals surface area (Å²) < 4.78 is 3.36. The van der Waals surface area contributed by atoms with Crippen molar-refractivity contribution in [3.05, 3.63) is 103 Å². The second-order valence-electron chi connectivity index (χ2n) is 17.3. The van der Waals surface area contributed by atoms with E-state index in [0.29, 0.717) is 28.4 Å². The minimum absolute atomic E-state index is 0.0632. The van der Waals surface area contributed by atoms with Crippen molar-refractivity contribution in [2.24, 2.45) is 34.5 Å². The van der Waals surface area contributed by atoms with Crippen molar-refractivity contribution in [1.82, 2.24) is 14.1 Å². The van der Waals surface area contributed by atoms with Crippen LogP contribution in [0.4, 0.5) is 0 Å². The number of hydrogen-bond donors (Lipinski definition) is 0. The number of aryl methyl sites for hydroxylation is 2. The fourth-order valence-electron chi connectivity index (χ4n) is 11.7. The Morgan fingerprint density at radius 3 is 2.37 bits per heavy atom. The van der Waals surface area contributed by atoms with Gasteiger partial charge in [-0.2, -0.15) is 4.98 Å². The maximum Gasteiger partial charge on any atom is 0.357 e. The predicted octanol–water partition coefficient (Wildman–Crippen LogP) is 10.7. The van der Waals surface area contributed by atoms with Crippen LogP contribution in [-0.4, -0.2) is 14.1 Å². The zero-order chi connectivity index (χ0) is 35.5. The van der Waals surface area contributed by atoms with Gasteiger partial charge in [-0.15, -0.1) is 0 Å². The normalized spacial score (nSPS) is 28.1. The second-order valence-corrected chi connectivity index (χ2v) is 17.3. The Bertz CT molecular complexity index is 2060. The van der Waals surface area contributed by atoms with Gasteiger partial charge in [0.15, 0.2) is 5.82 Å². The summed E-state index contributed by atoms with van der Waals surface area (Å²) in [5, 5.41) is 0. The molecule has 2 heterocycles. The van der Waals surface area contributed by atoms with Crippen LogP contribution in [0.5, 0.6) is 0 Å². The second kappa shape index (κ2) is 13.4. The fourth-order valence-corrected chi connectivity index (χ4v) is 11.7. The molecule has 5 heteroatoms. The molecule has 3 saturated carbocycles. The quantitative estimate of drug-likeness (QED) is 0.165. The summed E-state index contributed by atoms with van der Waals surface area (Å²) in [5.74, 6) is 3.60. The van der Waals surface area contributed by atoms with E-state index in [4.69, 9.17) is 0 Å². The molecule has 6 atom stereocenters. The minimum Gasteiger partial charge on any atom is -0.294 e. The van der Waals surface area contributed by atoms with E-state index in [2.05, 4.69) is 74.5 Å². The van der Waals surface area contributed by atoms with E-state index in [1.54, 1.807) is 5.57 Å². The molecule has 2 aromatic rings. The first-order valence-corrected chi connectivity index (χ1v) is 20.2. The molecule has 51 heavy (non-hydrogen) atoms. The van der Waals surface area contributed by atoms with Crippen LogP contribution in [0, 0.1) is 48.3 Å². The Hall–Kier alpha value is -3.73. The third kappa shape index (κ3) is 5.69. The van der Waals surface area contributed by atoms with Gasteiger partial charge < -0.3 is 0 Å². The lowest BCUT2D eigenvalue weighted by Gasteiger charge is -2.58. The number of allylic oxidation sites excluding steroid dienone is 1. The Labute approximate surface area is 304 Å². The summed E-state index contributed by atoms with van der Waals surface area (Å²) in [6, 6.07) is 17.8. The first kappa shape index (κ1) is 34.4. The van der Waals surface area contributed by atoms with Crippen LogP contribution >= 0.6 is 0 Å². The molecule has 0 saturated heterocycles. The van der Waals surface area contributed by atoms with Gasteiger partial charge in [0.05, 0.1) is 16.9 Å². The van der Waals surface area contributed by atoms with Gasteiger partial charge in [-0.1, -0.05) is 89.1 Å². The number of rotatable bonds is 9. The van der Waals surface area contributed by atoms with Crippen molar-refractivity contribution < 1.29 is 0 Å². The van der Waals surface area contributed by atoms with E-state index >= 15 is 0 Å². The standard InChI is InChI=1S/C46H57N3O2/c1-6-7-8-9-10-12-15-33-20-23-39-37-22-19-34-28-41-32(29-46(34,5)40(37)24-25-45(33,39)4)27-38-42(48(41)36-21-18-30(2)31(3)26-36)47-44(51)49(43(38)50)35-16-13-11-14-17-35/h11,13-14,16-18,21,26-28,33,37,39-40H,6-10,12,15,19-20,22-25,29H2,1-5H3/t33-,37-,39-,40-,45+,46-/m0/s1. The molecular formula is C46H57N3O2. The molecular weight excluding hydrogens is 627 g/mol. The summed E-state index contributed by atoms with van der Waals surface area (Å²) in [5.41, 5.74) is 7.96. The minimum atomic E-state index is -0.540. The lowest BCUT2D eigenvalue weighted by Crippen LogP contribution is -2.51. The van der Waals surface area contributed by atoms with Gasteiger partial charge in [0, 0.05) is 5.69 Å². The lowest BCUT2D eigenvalue weighted by atomic mass is 9.46. The van der Waals surface area contributed by atoms with Crippen LogP contribution in [0.15, 0.2) is 69.8 Å². The van der Waals surface area contributed by atoms with Gasteiger partial charge in [0.25, 0.3) is 5.56 Å². The molecule has 5 nitrogen and oxygen atoms in total. The van der Waals surface area contributed by atoms with Crippen molar-refractivity contribution in [3.63, 3.8) is 0 Å². The van der Waals surface area contributed by atoms with E-state index in [-0.39, 0.29) is 11.0 Å². The van der Waals surface area contributed by atoms with Crippen LogP contribution in [0.3, 0.4) is 0 Å². The molecule has 8 rings (SSSR count). The number of pyridine rings is 1. The molecule has 0 radical (unpaired) electrons. The van der Waals surface area contributed by atoms with E-state index in [0.717, 1.165) is 42.0 Å². The molecule has 6 aliphatic rings. The summed E-state index contributed by atoms with van der Waals surface area (Å²) >= 11 is 0. The van der Waals surface area contributed by atoms with Crippen LogP contribution in [0.2, 0.25) is 0 Å². The smallest absolute Gasteiger partial charge is 0.294 e. The molecule has 0 N–H and O–H groups in total. The summed E-state index contributed by atoms with van der Waals surface area (Å²) in [6.07, 6.45) is 21.0. The molecule has 2 aromatic carbocycles. The number of benzene rings is 2. The molecule has 0 amide bonds. The molecule has 0 bridgehead atoms. The van der Waals surface area contributed by atoms with Crippen LogP contribution in [0.25, 0.3) is 28.8 Å². The molecule has 268 valence electrons. The topological polar surface area (TPSA) is 56.9 Å². The molecule has 0 aromatic heterocycles. The number of aromatic nitrogens is 3. The maximum absolute atomic E-state index is 14.4. The van der Waals surface area contributed by atoms with Crippen molar-refractivity contribution >= 4 is 6.08 Å². The van der Waals surface area contributed by atoms with Crippen LogP contribution in [-0.2, 0) is 6.42 Å². The predicted molar refractivity (Wildman–Crippen MR) is 209 cm³/mol. The molecule has 4 aliphatic carbocycles. The van der Waals surface area contributed by atoms with Crippen molar-refractivity contribution in [2.75, 3.05) is 0 Å². The van der Waals surface area contributed by atoms with E-state index in [9.17, 15) is 9.59 Å². The first-order chi connectivity index (χ1) is 24.6. The van der Waals surface area contributed by atoms with Gasteiger partial charge in [-0.3, -0.25) is 9.36 Å². The molecule has 0 spiro atoms. The number of para-hydroxylation sites is 1. The average molecular weight is 684 g/mol.